The lowest BCUT2D eigenvalue weighted by Gasteiger charge is -2.29. The third kappa shape index (κ3) is 4.39. The fourth-order valence-corrected chi connectivity index (χ4v) is 2.57. The van der Waals surface area contributed by atoms with Crippen molar-refractivity contribution in [2.45, 2.75) is 45.7 Å². The van der Waals surface area contributed by atoms with Gasteiger partial charge >= 0.3 is 0 Å². The molecule has 0 bridgehead atoms. The number of likely N-dealkylation sites (tertiary alicyclic amines) is 1. The SMILES string of the molecule is Cc1cccc(CNC(C)CN2CCCCC2)n1. The standard InChI is InChI=1S/C15H25N3/c1-13-7-6-8-15(17-13)11-16-14(2)12-18-9-4-3-5-10-18/h6-8,14,16H,3-5,9-12H2,1-2H3. The molecule has 18 heavy (non-hydrogen) atoms. The highest BCUT2D eigenvalue weighted by Gasteiger charge is 2.12. The number of piperidine rings is 1. The molecule has 0 amide bonds. The fourth-order valence-electron chi connectivity index (χ4n) is 2.57. The summed E-state index contributed by atoms with van der Waals surface area (Å²) in [6.45, 7) is 8.89. The summed E-state index contributed by atoms with van der Waals surface area (Å²) in [6.07, 6.45) is 4.14. The Hall–Kier alpha value is -0.930. The number of aryl methyl sites for hydroxylation is 1. The van der Waals surface area contributed by atoms with Crippen molar-refractivity contribution >= 4 is 0 Å². The third-order valence-corrected chi connectivity index (χ3v) is 3.56. The minimum absolute atomic E-state index is 0.533. The van der Waals surface area contributed by atoms with Gasteiger partial charge in [0, 0.05) is 24.8 Å². The Labute approximate surface area is 111 Å². The first kappa shape index (κ1) is 13.5. The van der Waals surface area contributed by atoms with Crippen LogP contribution < -0.4 is 5.32 Å². The molecule has 0 aromatic carbocycles. The molecule has 1 aliphatic rings. The summed E-state index contributed by atoms with van der Waals surface area (Å²) in [5.41, 5.74) is 2.23. The quantitative estimate of drug-likeness (QED) is 0.865. The monoisotopic (exact) mass is 247 g/mol. The summed E-state index contributed by atoms with van der Waals surface area (Å²) in [7, 11) is 0. The predicted octanol–water partition coefficient (Wildman–Crippen LogP) is 2.35. The lowest BCUT2D eigenvalue weighted by molar-refractivity contribution is 0.208. The number of hydrogen-bond donors (Lipinski definition) is 1. The molecule has 0 saturated carbocycles. The van der Waals surface area contributed by atoms with Gasteiger partial charge in [-0.25, -0.2) is 0 Å². The molecule has 0 spiro atoms. The first-order valence-corrected chi connectivity index (χ1v) is 7.12. The smallest absolute Gasteiger partial charge is 0.0544 e. The van der Waals surface area contributed by atoms with E-state index in [4.69, 9.17) is 0 Å². The number of nitrogens with one attached hydrogen (secondary N) is 1. The van der Waals surface area contributed by atoms with Gasteiger partial charge in [0.2, 0.25) is 0 Å². The number of hydrogen-bond acceptors (Lipinski definition) is 3. The van der Waals surface area contributed by atoms with Crippen LogP contribution in [0.15, 0.2) is 18.2 Å². The van der Waals surface area contributed by atoms with Gasteiger partial charge in [0.1, 0.15) is 0 Å². The maximum Gasteiger partial charge on any atom is 0.0544 e. The molecule has 1 N–H and O–H groups in total. The number of pyridine rings is 1. The van der Waals surface area contributed by atoms with E-state index in [1.807, 2.05) is 13.0 Å². The van der Waals surface area contributed by atoms with Gasteiger partial charge < -0.3 is 10.2 Å². The van der Waals surface area contributed by atoms with Crippen molar-refractivity contribution in [1.82, 2.24) is 15.2 Å². The van der Waals surface area contributed by atoms with Crippen LogP contribution in [0.3, 0.4) is 0 Å². The average Bonchev–Trinajstić information content (AvgIpc) is 2.38. The minimum Gasteiger partial charge on any atom is -0.307 e. The molecule has 100 valence electrons. The molecule has 3 heteroatoms. The van der Waals surface area contributed by atoms with Gasteiger partial charge in [0.05, 0.1) is 5.69 Å². The molecule has 3 nitrogen and oxygen atoms in total. The van der Waals surface area contributed by atoms with E-state index in [9.17, 15) is 0 Å². The summed E-state index contributed by atoms with van der Waals surface area (Å²) < 4.78 is 0. The number of aromatic nitrogens is 1. The number of nitrogens with zero attached hydrogens (tertiary/aromatic N) is 2. The summed E-state index contributed by atoms with van der Waals surface area (Å²) in [5, 5.41) is 3.57. The van der Waals surface area contributed by atoms with Gasteiger partial charge in [-0.1, -0.05) is 12.5 Å². The normalized spacial score (nSPS) is 18.8. The van der Waals surface area contributed by atoms with Gasteiger partial charge in [0.25, 0.3) is 0 Å². The molecule has 1 aliphatic heterocycles. The van der Waals surface area contributed by atoms with Crippen molar-refractivity contribution in [3.8, 4) is 0 Å². The van der Waals surface area contributed by atoms with Crippen LogP contribution in [0.1, 0.15) is 37.6 Å². The molecule has 2 rings (SSSR count). The second-order valence-corrected chi connectivity index (χ2v) is 5.41. The first-order valence-electron chi connectivity index (χ1n) is 7.12. The van der Waals surface area contributed by atoms with E-state index in [0.717, 1.165) is 24.5 Å². The summed E-state index contributed by atoms with van der Waals surface area (Å²) in [4.78, 5) is 7.09. The highest BCUT2D eigenvalue weighted by atomic mass is 15.1. The van der Waals surface area contributed by atoms with E-state index in [1.165, 1.54) is 32.4 Å². The van der Waals surface area contributed by atoms with Crippen molar-refractivity contribution in [2.24, 2.45) is 0 Å². The van der Waals surface area contributed by atoms with E-state index in [2.05, 4.69) is 34.3 Å². The second kappa shape index (κ2) is 6.86. The molecule has 2 heterocycles. The van der Waals surface area contributed by atoms with E-state index >= 15 is 0 Å². The Bertz CT molecular complexity index is 359. The largest absolute Gasteiger partial charge is 0.307 e. The molecule has 1 fully saturated rings. The van der Waals surface area contributed by atoms with E-state index in [0.29, 0.717) is 6.04 Å². The van der Waals surface area contributed by atoms with E-state index in [1.54, 1.807) is 0 Å². The first-order chi connectivity index (χ1) is 8.74. The van der Waals surface area contributed by atoms with E-state index in [-0.39, 0.29) is 0 Å². The second-order valence-electron chi connectivity index (χ2n) is 5.41. The zero-order valence-electron chi connectivity index (χ0n) is 11.7. The third-order valence-electron chi connectivity index (χ3n) is 3.56. The molecular weight excluding hydrogens is 222 g/mol. The van der Waals surface area contributed by atoms with Crippen molar-refractivity contribution in [3.05, 3.63) is 29.6 Å². The maximum atomic E-state index is 4.52. The minimum atomic E-state index is 0.533. The van der Waals surface area contributed by atoms with Crippen LogP contribution in [0.4, 0.5) is 0 Å². The molecule has 0 aliphatic carbocycles. The zero-order valence-corrected chi connectivity index (χ0v) is 11.7. The van der Waals surface area contributed by atoms with E-state index < -0.39 is 0 Å². The topological polar surface area (TPSA) is 28.2 Å². The van der Waals surface area contributed by atoms with Crippen LogP contribution in [0, 0.1) is 6.92 Å². The molecule has 0 radical (unpaired) electrons. The van der Waals surface area contributed by atoms with Crippen LogP contribution in [0.2, 0.25) is 0 Å². The van der Waals surface area contributed by atoms with Crippen LogP contribution in [-0.4, -0.2) is 35.6 Å². The van der Waals surface area contributed by atoms with Gasteiger partial charge in [-0.05, 0) is 51.9 Å². The molecule has 1 atom stereocenters. The van der Waals surface area contributed by atoms with Gasteiger partial charge in [-0.15, -0.1) is 0 Å². The molecule has 1 unspecified atom stereocenters. The fraction of sp³-hybridized carbons (Fsp3) is 0.667. The maximum absolute atomic E-state index is 4.52. The summed E-state index contributed by atoms with van der Waals surface area (Å²) in [5.74, 6) is 0. The van der Waals surface area contributed by atoms with Crippen LogP contribution >= 0.6 is 0 Å². The van der Waals surface area contributed by atoms with Crippen LogP contribution in [-0.2, 0) is 6.54 Å². The Kier molecular flexibility index (Phi) is 5.14. The Balaban J connectivity index is 1.72. The Morgan fingerprint density at radius 2 is 2.06 bits per heavy atom. The van der Waals surface area contributed by atoms with Crippen molar-refractivity contribution < 1.29 is 0 Å². The lowest BCUT2D eigenvalue weighted by Crippen LogP contribution is -2.41. The van der Waals surface area contributed by atoms with Crippen molar-refractivity contribution in [2.75, 3.05) is 19.6 Å². The lowest BCUT2D eigenvalue weighted by atomic mass is 10.1. The Morgan fingerprint density at radius 3 is 2.78 bits per heavy atom. The predicted molar refractivity (Wildman–Crippen MR) is 75.6 cm³/mol. The molecular formula is C15H25N3. The van der Waals surface area contributed by atoms with Crippen LogP contribution in [0.5, 0.6) is 0 Å². The van der Waals surface area contributed by atoms with Crippen LogP contribution in [0.25, 0.3) is 0 Å². The van der Waals surface area contributed by atoms with Crippen molar-refractivity contribution in [3.63, 3.8) is 0 Å². The zero-order chi connectivity index (χ0) is 12.8. The Morgan fingerprint density at radius 1 is 1.28 bits per heavy atom. The highest BCUT2D eigenvalue weighted by molar-refractivity contribution is 5.09. The van der Waals surface area contributed by atoms with Gasteiger partial charge in [-0.2, -0.15) is 0 Å². The highest BCUT2D eigenvalue weighted by Crippen LogP contribution is 2.09. The summed E-state index contributed by atoms with van der Waals surface area (Å²) >= 11 is 0. The molecule has 1 aromatic rings. The van der Waals surface area contributed by atoms with Gasteiger partial charge in [-0.3, -0.25) is 4.98 Å². The van der Waals surface area contributed by atoms with Gasteiger partial charge in [0.15, 0.2) is 0 Å². The summed E-state index contributed by atoms with van der Waals surface area (Å²) in [6, 6.07) is 6.74. The molecule has 1 aromatic heterocycles. The molecule has 1 saturated heterocycles. The number of rotatable bonds is 5. The van der Waals surface area contributed by atoms with Crippen molar-refractivity contribution in [1.29, 1.82) is 0 Å². The average molecular weight is 247 g/mol.